The Balaban J connectivity index is 2.44. The highest BCUT2D eigenvalue weighted by Crippen LogP contribution is 2.16. The van der Waals surface area contributed by atoms with Crippen LogP contribution in [0.25, 0.3) is 0 Å². The molecule has 15 heavy (non-hydrogen) atoms. The maximum atomic E-state index is 11.2. The molecule has 0 spiro atoms. The van der Waals surface area contributed by atoms with Gasteiger partial charge in [-0.3, -0.25) is 4.79 Å². The van der Waals surface area contributed by atoms with Gasteiger partial charge < -0.3 is 15.8 Å². The van der Waals surface area contributed by atoms with Crippen LogP contribution in [-0.4, -0.2) is 23.5 Å². The molecular formula is C10H15N3O2. The molecule has 1 amide bonds. The summed E-state index contributed by atoms with van der Waals surface area (Å²) in [5.41, 5.74) is 5.54. The van der Waals surface area contributed by atoms with E-state index in [4.69, 9.17) is 10.5 Å². The van der Waals surface area contributed by atoms with Crippen molar-refractivity contribution in [2.45, 2.75) is 19.9 Å². The van der Waals surface area contributed by atoms with Crippen molar-refractivity contribution in [3.63, 3.8) is 0 Å². The number of carbonyl (C=O) groups excluding carboxylic acids is 1. The molecule has 0 saturated carbocycles. The van der Waals surface area contributed by atoms with Gasteiger partial charge in [-0.15, -0.1) is 0 Å². The molecule has 1 aromatic heterocycles. The van der Waals surface area contributed by atoms with Gasteiger partial charge in [0.25, 0.3) is 5.91 Å². The Kier molecular flexibility index (Phi) is 3.91. The van der Waals surface area contributed by atoms with E-state index >= 15 is 0 Å². The summed E-state index contributed by atoms with van der Waals surface area (Å²) < 4.78 is 5.20. The van der Waals surface area contributed by atoms with Crippen LogP contribution in [0.2, 0.25) is 0 Å². The van der Waals surface area contributed by atoms with Gasteiger partial charge >= 0.3 is 0 Å². The second-order valence-corrected chi connectivity index (χ2v) is 3.40. The molecule has 82 valence electrons. The van der Waals surface area contributed by atoms with E-state index in [1.165, 1.54) is 0 Å². The fourth-order valence-electron chi connectivity index (χ4n) is 1.03. The molecule has 0 unspecified atom stereocenters. The molecule has 1 rings (SSSR count). The molecule has 0 saturated heterocycles. The lowest BCUT2D eigenvalue weighted by Crippen LogP contribution is -2.34. The monoisotopic (exact) mass is 209 g/mol. The number of nitrogens with two attached hydrogens (primary N) is 1. The molecule has 0 aliphatic carbocycles. The number of pyridine rings is 1. The number of aromatic nitrogens is 1. The van der Waals surface area contributed by atoms with Crippen molar-refractivity contribution in [1.29, 1.82) is 0 Å². The number of nitrogens with one attached hydrogen (secondary N) is 1. The minimum absolute atomic E-state index is 0.0475. The number of hydrogen-bond donors (Lipinski definition) is 2. The smallest absolute Gasteiger partial charge is 0.258 e. The van der Waals surface area contributed by atoms with Gasteiger partial charge in [-0.25, -0.2) is 4.98 Å². The maximum absolute atomic E-state index is 11.2. The van der Waals surface area contributed by atoms with Crippen LogP contribution >= 0.6 is 0 Å². The summed E-state index contributed by atoms with van der Waals surface area (Å²) in [6.45, 7) is 3.72. The van der Waals surface area contributed by atoms with E-state index < -0.39 is 0 Å². The van der Waals surface area contributed by atoms with Gasteiger partial charge in [0, 0.05) is 12.2 Å². The van der Waals surface area contributed by atoms with E-state index in [0.717, 1.165) is 0 Å². The van der Waals surface area contributed by atoms with Crippen LogP contribution in [0.5, 0.6) is 5.75 Å². The first-order valence-electron chi connectivity index (χ1n) is 4.72. The molecule has 1 aromatic rings. The normalized spacial score (nSPS) is 10.1. The Hall–Kier alpha value is -1.78. The van der Waals surface area contributed by atoms with Crippen LogP contribution in [-0.2, 0) is 4.79 Å². The van der Waals surface area contributed by atoms with Gasteiger partial charge in [-0.2, -0.15) is 0 Å². The third-order valence-corrected chi connectivity index (χ3v) is 1.61. The Morgan fingerprint density at radius 3 is 3.00 bits per heavy atom. The van der Waals surface area contributed by atoms with Crippen LogP contribution in [0, 0.1) is 0 Å². The standard InChI is InChI=1S/C10H15N3O2/c1-7(2)13-9(14)6-15-8-4-3-5-12-10(8)11/h3-5,7H,6H2,1-2H3,(H2,11,12)(H,13,14). The lowest BCUT2D eigenvalue weighted by molar-refractivity contribution is -0.123. The molecule has 0 aliphatic rings. The first kappa shape index (κ1) is 11.3. The van der Waals surface area contributed by atoms with Crippen molar-refractivity contribution in [2.75, 3.05) is 12.3 Å². The largest absolute Gasteiger partial charge is 0.480 e. The van der Waals surface area contributed by atoms with Crippen LogP contribution in [0.15, 0.2) is 18.3 Å². The van der Waals surface area contributed by atoms with Crippen LogP contribution in [0.1, 0.15) is 13.8 Å². The molecule has 5 nitrogen and oxygen atoms in total. The van der Waals surface area contributed by atoms with E-state index in [9.17, 15) is 4.79 Å². The Bertz CT molecular complexity index is 339. The third kappa shape index (κ3) is 3.84. The Morgan fingerprint density at radius 2 is 2.40 bits per heavy atom. The second kappa shape index (κ2) is 5.19. The second-order valence-electron chi connectivity index (χ2n) is 3.40. The van der Waals surface area contributed by atoms with Gasteiger partial charge in [0.2, 0.25) is 0 Å². The number of rotatable bonds is 4. The minimum Gasteiger partial charge on any atom is -0.480 e. The Morgan fingerprint density at radius 1 is 1.67 bits per heavy atom. The number of hydrogen-bond acceptors (Lipinski definition) is 4. The zero-order valence-corrected chi connectivity index (χ0v) is 8.86. The number of carbonyl (C=O) groups is 1. The van der Waals surface area contributed by atoms with Gasteiger partial charge in [-0.1, -0.05) is 0 Å². The van der Waals surface area contributed by atoms with E-state index in [-0.39, 0.29) is 24.4 Å². The number of amides is 1. The van der Waals surface area contributed by atoms with Crippen molar-refractivity contribution in [3.05, 3.63) is 18.3 Å². The highest BCUT2D eigenvalue weighted by molar-refractivity contribution is 5.77. The first-order chi connectivity index (χ1) is 7.09. The summed E-state index contributed by atoms with van der Waals surface area (Å²) in [6.07, 6.45) is 1.57. The van der Waals surface area contributed by atoms with Crippen molar-refractivity contribution < 1.29 is 9.53 Å². The lowest BCUT2D eigenvalue weighted by Gasteiger charge is -2.10. The van der Waals surface area contributed by atoms with E-state index in [0.29, 0.717) is 5.75 Å². The molecule has 0 aliphatic heterocycles. The quantitative estimate of drug-likeness (QED) is 0.759. The minimum atomic E-state index is -0.173. The molecule has 1 heterocycles. The summed E-state index contributed by atoms with van der Waals surface area (Å²) >= 11 is 0. The SMILES string of the molecule is CC(C)NC(=O)COc1cccnc1N. The number of nitrogen functional groups attached to an aromatic ring is 1. The highest BCUT2D eigenvalue weighted by Gasteiger charge is 2.05. The summed E-state index contributed by atoms with van der Waals surface area (Å²) in [7, 11) is 0. The van der Waals surface area contributed by atoms with E-state index in [1.807, 2.05) is 13.8 Å². The average molecular weight is 209 g/mol. The zero-order chi connectivity index (χ0) is 11.3. The van der Waals surface area contributed by atoms with Crippen molar-refractivity contribution in [2.24, 2.45) is 0 Å². The maximum Gasteiger partial charge on any atom is 0.258 e. The predicted molar refractivity (Wildman–Crippen MR) is 57.4 cm³/mol. The van der Waals surface area contributed by atoms with E-state index in [1.54, 1.807) is 18.3 Å². The molecule has 0 bridgehead atoms. The summed E-state index contributed by atoms with van der Waals surface area (Å²) in [4.78, 5) is 15.1. The highest BCUT2D eigenvalue weighted by atomic mass is 16.5. The van der Waals surface area contributed by atoms with E-state index in [2.05, 4.69) is 10.3 Å². The molecule has 0 aromatic carbocycles. The third-order valence-electron chi connectivity index (χ3n) is 1.61. The number of anilines is 1. The van der Waals surface area contributed by atoms with Crippen LogP contribution in [0.3, 0.4) is 0 Å². The lowest BCUT2D eigenvalue weighted by atomic mass is 10.4. The average Bonchev–Trinajstić information content (AvgIpc) is 2.15. The molecule has 5 heteroatoms. The molecule has 0 fully saturated rings. The Labute approximate surface area is 88.6 Å². The molecule has 3 N–H and O–H groups in total. The fourth-order valence-corrected chi connectivity index (χ4v) is 1.03. The number of ether oxygens (including phenoxy) is 1. The van der Waals surface area contributed by atoms with Crippen LogP contribution < -0.4 is 15.8 Å². The van der Waals surface area contributed by atoms with Crippen molar-refractivity contribution in [1.82, 2.24) is 10.3 Å². The molecular weight excluding hydrogens is 194 g/mol. The van der Waals surface area contributed by atoms with Crippen molar-refractivity contribution >= 4 is 11.7 Å². The topological polar surface area (TPSA) is 77.2 Å². The van der Waals surface area contributed by atoms with Gasteiger partial charge in [-0.05, 0) is 26.0 Å². The predicted octanol–water partition coefficient (Wildman–Crippen LogP) is 0.567. The van der Waals surface area contributed by atoms with Gasteiger partial charge in [0.15, 0.2) is 18.2 Å². The summed E-state index contributed by atoms with van der Waals surface area (Å²) in [5, 5.41) is 2.71. The first-order valence-corrected chi connectivity index (χ1v) is 4.72. The zero-order valence-electron chi connectivity index (χ0n) is 8.86. The van der Waals surface area contributed by atoms with Gasteiger partial charge in [0.1, 0.15) is 0 Å². The van der Waals surface area contributed by atoms with Crippen LogP contribution in [0.4, 0.5) is 5.82 Å². The summed E-state index contributed by atoms with van der Waals surface area (Å²) in [6, 6.07) is 3.48. The molecule has 0 radical (unpaired) electrons. The molecule has 0 atom stereocenters. The van der Waals surface area contributed by atoms with Gasteiger partial charge in [0.05, 0.1) is 0 Å². The fraction of sp³-hybridized carbons (Fsp3) is 0.400. The number of nitrogens with zero attached hydrogens (tertiary/aromatic N) is 1. The van der Waals surface area contributed by atoms with Crippen molar-refractivity contribution in [3.8, 4) is 5.75 Å². The summed E-state index contributed by atoms with van der Waals surface area (Å²) in [5.74, 6) is 0.541.